The summed E-state index contributed by atoms with van der Waals surface area (Å²) in [6.45, 7) is 9.70. The van der Waals surface area contributed by atoms with Gasteiger partial charge in [0.05, 0.1) is 11.4 Å². The Hall–Kier alpha value is -2.42. The number of anilines is 1. The van der Waals surface area contributed by atoms with Gasteiger partial charge >= 0.3 is 0 Å². The maximum Gasteiger partial charge on any atom is 0.243 e. The van der Waals surface area contributed by atoms with Gasteiger partial charge in [0.15, 0.2) is 0 Å². The maximum absolute atomic E-state index is 12.5. The van der Waals surface area contributed by atoms with E-state index >= 15 is 0 Å². The number of amides is 2. The summed E-state index contributed by atoms with van der Waals surface area (Å²) in [6.07, 6.45) is 0.943. The van der Waals surface area contributed by atoms with Crippen molar-refractivity contribution in [3.63, 3.8) is 0 Å². The molecule has 3 aliphatic rings. The molecule has 0 radical (unpaired) electrons. The molecule has 7 nitrogen and oxygen atoms in total. The Morgan fingerprint density at radius 1 is 1.09 bits per heavy atom. The third kappa shape index (κ3) is 4.52. The largest absolute Gasteiger partial charge is 0.369 e. The molecule has 4 heterocycles. The number of pyridine rings is 1. The van der Waals surface area contributed by atoms with Gasteiger partial charge in [0.2, 0.25) is 11.8 Å². The van der Waals surface area contributed by atoms with Crippen LogP contribution in [0.4, 0.5) is 5.69 Å². The molecule has 1 N–H and O–H groups in total. The third-order valence-electron chi connectivity index (χ3n) is 7.05. The molecule has 1 aromatic carbocycles. The number of aryl methyl sites for hydroxylation is 2. The summed E-state index contributed by atoms with van der Waals surface area (Å²) in [6, 6.07) is 10.5. The fraction of sp³-hybridized carbons (Fsp3) is 0.480. The van der Waals surface area contributed by atoms with Crippen molar-refractivity contribution in [2.24, 2.45) is 0 Å². The molecule has 2 amide bonds. The van der Waals surface area contributed by atoms with Gasteiger partial charge in [-0.15, -0.1) is 0 Å². The standard InChI is InChI=1S/C25H31N5O2S/c1-16-12-19(13-17(2)26-16)29-10-8-28(9-11-29)14-18-4-3-5-20-21(18)15-30(25(20)33)22-6-7-23(31)27-24(22)32/h3-5,12-13,22,25,33H,6-11,14-15H2,1-2H3,(H,27,31,32). The van der Waals surface area contributed by atoms with Crippen LogP contribution in [0.3, 0.4) is 0 Å². The zero-order valence-electron chi connectivity index (χ0n) is 19.3. The van der Waals surface area contributed by atoms with Crippen LogP contribution in [-0.2, 0) is 22.7 Å². The van der Waals surface area contributed by atoms with Crippen molar-refractivity contribution < 1.29 is 9.59 Å². The number of nitrogens with one attached hydrogen (secondary N) is 1. The van der Waals surface area contributed by atoms with Gasteiger partial charge in [0.25, 0.3) is 0 Å². The monoisotopic (exact) mass is 465 g/mol. The first-order valence-corrected chi connectivity index (χ1v) is 12.2. The second-order valence-corrected chi connectivity index (χ2v) is 9.86. The van der Waals surface area contributed by atoms with Gasteiger partial charge in [-0.25, -0.2) is 0 Å². The molecule has 174 valence electrons. The molecule has 0 spiro atoms. The van der Waals surface area contributed by atoms with Gasteiger partial charge < -0.3 is 4.90 Å². The van der Waals surface area contributed by atoms with Crippen molar-refractivity contribution in [3.8, 4) is 0 Å². The van der Waals surface area contributed by atoms with Crippen molar-refractivity contribution in [2.45, 2.75) is 51.2 Å². The molecule has 5 rings (SSSR count). The van der Waals surface area contributed by atoms with Crippen LogP contribution in [0, 0.1) is 13.8 Å². The van der Waals surface area contributed by atoms with E-state index < -0.39 is 0 Å². The Labute approximate surface area is 200 Å². The topological polar surface area (TPSA) is 68.8 Å². The lowest BCUT2D eigenvalue weighted by atomic mass is 10.0. The van der Waals surface area contributed by atoms with E-state index in [0.717, 1.165) is 44.1 Å². The van der Waals surface area contributed by atoms with E-state index in [1.165, 1.54) is 22.4 Å². The molecule has 3 aliphatic heterocycles. The number of carbonyl (C=O) groups excluding carboxylic acids is 2. The van der Waals surface area contributed by atoms with E-state index in [2.05, 4.69) is 69.2 Å². The molecule has 2 saturated heterocycles. The molecule has 2 atom stereocenters. The number of fused-ring (bicyclic) bond motifs is 1. The molecule has 8 heteroatoms. The second-order valence-electron chi connectivity index (χ2n) is 9.37. The van der Waals surface area contributed by atoms with Crippen LogP contribution in [0.5, 0.6) is 0 Å². The summed E-state index contributed by atoms with van der Waals surface area (Å²) < 4.78 is 0. The van der Waals surface area contributed by atoms with Crippen molar-refractivity contribution in [1.82, 2.24) is 20.1 Å². The molecule has 2 unspecified atom stereocenters. The highest BCUT2D eigenvalue weighted by Gasteiger charge is 2.39. The molecule has 0 aliphatic carbocycles. The number of piperazine rings is 1. The second kappa shape index (κ2) is 9.08. The molecule has 33 heavy (non-hydrogen) atoms. The number of hydrogen-bond donors (Lipinski definition) is 2. The summed E-state index contributed by atoms with van der Waals surface area (Å²) >= 11 is 4.86. The van der Waals surface area contributed by atoms with E-state index in [-0.39, 0.29) is 23.2 Å². The van der Waals surface area contributed by atoms with Crippen LogP contribution in [-0.4, -0.2) is 58.8 Å². The van der Waals surface area contributed by atoms with Crippen molar-refractivity contribution in [1.29, 1.82) is 0 Å². The number of thiol groups is 1. The third-order valence-corrected chi connectivity index (χ3v) is 7.63. The minimum absolute atomic E-state index is 0.126. The Balaban J connectivity index is 1.26. The highest BCUT2D eigenvalue weighted by molar-refractivity contribution is 7.80. The zero-order valence-corrected chi connectivity index (χ0v) is 20.1. The normalized spacial score (nSPS) is 24.2. The van der Waals surface area contributed by atoms with E-state index in [0.29, 0.717) is 19.4 Å². The minimum Gasteiger partial charge on any atom is -0.369 e. The van der Waals surface area contributed by atoms with Crippen LogP contribution < -0.4 is 10.2 Å². The SMILES string of the molecule is Cc1cc(N2CCN(Cc3cccc4c3CN(C3CCC(=O)NC3=O)C4S)CC2)cc(C)n1. The van der Waals surface area contributed by atoms with Gasteiger partial charge in [-0.1, -0.05) is 18.2 Å². The van der Waals surface area contributed by atoms with Crippen molar-refractivity contribution in [3.05, 3.63) is 58.4 Å². The number of hydrogen-bond acceptors (Lipinski definition) is 7. The summed E-state index contributed by atoms with van der Waals surface area (Å²) in [5, 5.41) is 2.36. The molecule has 1 aromatic heterocycles. The predicted octanol–water partition coefficient (Wildman–Crippen LogP) is 2.57. The smallest absolute Gasteiger partial charge is 0.243 e. The molecular formula is C25H31N5O2S. The van der Waals surface area contributed by atoms with Crippen molar-refractivity contribution >= 4 is 30.1 Å². The number of benzene rings is 1. The van der Waals surface area contributed by atoms with E-state index in [1.54, 1.807) is 0 Å². The Kier molecular flexibility index (Phi) is 6.16. The average molecular weight is 466 g/mol. The quantitative estimate of drug-likeness (QED) is 0.534. The number of rotatable bonds is 4. The lowest BCUT2D eigenvalue weighted by Gasteiger charge is -2.36. The van der Waals surface area contributed by atoms with E-state index in [4.69, 9.17) is 12.6 Å². The highest BCUT2D eigenvalue weighted by Crippen LogP contribution is 2.40. The molecule has 2 fully saturated rings. The van der Waals surface area contributed by atoms with Crippen LogP contribution in [0.2, 0.25) is 0 Å². The molecular weight excluding hydrogens is 434 g/mol. The number of carbonyl (C=O) groups is 2. The molecule has 2 aromatic rings. The van der Waals surface area contributed by atoms with E-state index in [9.17, 15) is 9.59 Å². The number of imide groups is 1. The summed E-state index contributed by atoms with van der Waals surface area (Å²) in [5.41, 5.74) is 7.17. The van der Waals surface area contributed by atoms with Gasteiger partial charge in [-0.3, -0.25) is 29.7 Å². The lowest BCUT2D eigenvalue weighted by Crippen LogP contribution is -2.51. The van der Waals surface area contributed by atoms with Crippen LogP contribution in [0.25, 0.3) is 0 Å². The number of piperidine rings is 1. The highest BCUT2D eigenvalue weighted by atomic mass is 32.1. The molecule has 0 saturated carbocycles. The van der Waals surface area contributed by atoms with Crippen LogP contribution >= 0.6 is 12.6 Å². The van der Waals surface area contributed by atoms with Crippen LogP contribution in [0.15, 0.2) is 30.3 Å². The fourth-order valence-electron chi connectivity index (χ4n) is 5.36. The first-order chi connectivity index (χ1) is 15.9. The Morgan fingerprint density at radius 2 is 1.82 bits per heavy atom. The lowest BCUT2D eigenvalue weighted by molar-refractivity contribution is -0.137. The van der Waals surface area contributed by atoms with E-state index in [1.807, 2.05) is 0 Å². The van der Waals surface area contributed by atoms with Gasteiger partial charge in [-0.05, 0) is 49.1 Å². The number of nitrogens with zero attached hydrogens (tertiary/aromatic N) is 4. The fourth-order valence-corrected chi connectivity index (χ4v) is 5.85. The predicted molar refractivity (Wildman–Crippen MR) is 131 cm³/mol. The maximum atomic E-state index is 12.5. The Morgan fingerprint density at radius 3 is 2.52 bits per heavy atom. The van der Waals surface area contributed by atoms with Gasteiger partial charge in [0, 0.05) is 62.8 Å². The molecule has 0 bridgehead atoms. The zero-order chi connectivity index (χ0) is 23.1. The average Bonchev–Trinajstić information content (AvgIpc) is 3.11. The summed E-state index contributed by atoms with van der Waals surface area (Å²) in [4.78, 5) is 35.6. The van der Waals surface area contributed by atoms with Gasteiger partial charge in [-0.2, -0.15) is 12.6 Å². The Bertz CT molecular complexity index is 1060. The summed E-state index contributed by atoms with van der Waals surface area (Å²) in [5.74, 6) is -0.377. The van der Waals surface area contributed by atoms with Crippen LogP contribution in [0.1, 0.15) is 46.3 Å². The summed E-state index contributed by atoms with van der Waals surface area (Å²) in [7, 11) is 0. The van der Waals surface area contributed by atoms with Crippen molar-refractivity contribution in [2.75, 3.05) is 31.1 Å². The first-order valence-electron chi connectivity index (χ1n) is 11.7. The first kappa shape index (κ1) is 22.4. The number of aromatic nitrogens is 1. The minimum atomic E-state index is -0.304. The van der Waals surface area contributed by atoms with Gasteiger partial charge in [0.1, 0.15) is 0 Å².